The van der Waals surface area contributed by atoms with E-state index in [0.717, 1.165) is 22.6 Å². The summed E-state index contributed by atoms with van der Waals surface area (Å²) in [6, 6.07) is 7.65. The lowest BCUT2D eigenvalue weighted by Gasteiger charge is -2.16. The molecular formula is C17H20N6O. The summed E-state index contributed by atoms with van der Waals surface area (Å²) in [6.45, 7) is 5.96. The Bertz CT molecular complexity index is 833. The van der Waals surface area contributed by atoms with Crippen LogP contribution in [0.2, 0.25) is 0 Å². The quantitative estimate of drug-likeness (QED) is 0.686. The molecule has 3 N–H and O–H groups in total. The Balaban J connectivity index is 1.65. The van der Waals surface area contributed by atoms with Gasteiger partial charge >= 0.3 is 6.03 Å². The summed E-state index contributed by atoms with van der Waals surface area (Å²) < 4.78 is 2.11. The molecule has 1 aromatic carbocycles. The topological polar surface area (TPSA) is 87.6 Å². The van der Waals surface area contributed by atoms with Gasteiger partial charge in [-0.2, -0.15) is 5.10 Å². The normalized spacial score (nSPS) is 12.0. The van der Waals surface area contributed by atoms with Gasteiger partial charge in [-0.25, -0.2) is 9.78 Å². The third-order valence-corrected chi connectivity index (χ3v) is 4.00. The number of H-pyrrole nitrogens is 1. The molecule has 2 aromatic heterocycles. The molecule has 0 saturated heterocycles. The number of carbonyl (C=O) groups excluding carboxylic acids is 1. The van der Waals surface area contributed by atoms with Crippen molar-refractivity contribution in [3.63, 3.8) is 0 Å². The minimum atomic E-state index is -0.311. The Morgan fingerprint density at radius 1 is 1.21 bits per heavy atom. The molecule has 0 unspecified atom stereocenters. The number of imidazole rings is 1. The van der Waals surface area contributed by atoms with Crippen molar-refractivity contribution >= 4 is 17.5 Å². The number of rotatable bonds is 4. The SMILES string of the molecule is Cc1cn[nH]c1NC(=O)Nc1ccc([C@H](C)n2ccnc2C)cc1. The second-order valence-electron chi connectivity index (χ2n) is 5.69. The summed E-state index contributed by atoms with van der Waals surface area (Å²) in [4.78, 5) is 16.3. The zero-order valence-corrected chi connectivity index (χ0v) is 13.9. The van der Waals surface area contributed by atoms with Gasteiger partial charge in [-0.1, -0.05) is 12.1 Å². The molecule has 0 aliphatic carbocycles. The van der Waals surface area contributed by atoms with Crippen molar-refractivity contribution in [1.29, 1.82) is 0 Å². The number of nitrogens with zero attached hydrogens (tertiary/aromatic N) is 3. The van der Waals surface area contributed by atoms with Crippen molar-refractivity contribution in [2.45, 2.75) is 26.8 Å². The maximum atomic E-state index is 12.0. The van der Waals surface area contributed by atoms with E-state index in [4.69, 9.17) is 0 Å². The molecule has 3 aromatic rings. The van der Waals surface area contributed by atoms with Crippen molar-refractivity contribution in [2.75, 3.05) is 10.6 Å². The van der Waals surface area contributed by atoms with Crippen molar-refractivity contribution in [3.8, 4) is 0 Å². The van der Waals surface area contributed by atoms with E-state index >= 15 is 0 Å². The van der Waals surface area contributed by atoms with Gasteiger partial charge in [0, 0.05) is 23.6 Å². The summed E-state index contributed by atoms with van der Waals surface area (Å²) in [6.07, 6.45) is 5.42. The van der Waals surface area contributed by atoms with Gasteiger partial charge in [-0.15, -0.1) is 0 Å². The minimum Gasteiger partial charge on any atom is -0.328 e. The molecule has 0 fully saturated rings. The number of nitrogens with one attached hydrogen (secondary N) is 3. The third kappa shape index (κ3) is 3.29. The van der Waals surface area contributed by atoms with Crippen LogP contribution in [0, 0.1) is 13.8 Å². The average Bonchev–Trinajstić information content (AvgIpc) is 3.16. The predicted octanol–water partition coefficient (Wildman–Crippen LogP) is 3.48. The second-order valence-corrected chi connectivity index (χ2v) is 5.69. The van der Waals surface area contributed by atoms with Gasteiger partial charge in [0.2, 0.25) is 0 Å². The molecule has 0 spiro atoms. The van der Waals surface area contributed by atoms with E-state index in [2.05, 4.69) is 37.3 Å². The van der Waals surface area contributed by atoms with Crippen LogP contribution in [0.25, 0.3) is 0 Å². The zero-order chi connectivity index (χ0) is 17.1. The molecule has 0 aliphatic rings. The Morgan fingerprint density at radius 3 is 2.54 bits per heavy atom. The van der Waals surface area contributed by atoms with E-state index in [1.54, 1.807) is 12.4 Å². The average molecular weight is 324 g/mol. The van der Waals surface area contributed by atoms with Gasteiger partial charge in [-0.05, 0) is 38.5 Å². The Kier molecular flexibility index (Phi) is 4.33. The number of carbonyl (C=O) groups is 1. The number of anilines is 2. The first kappa shape index (κ1) is 15.8. The van der Waals surface area contributed by atoms with Crippen LogP contribution in [0.1, 0.15) is 29.9 Å². The first-order valence-corrected chi connectivity index (χ1v) is 7.72. The van der Waals surface area contributed by atoms with Crippen LogP contribution in [0.5, 0.6) is 0 Å². The highest BCUT2D eigenvalue weighted by Crippen LogP contribution is 2.21. The largest absolute Gasteiger partial charge is 0.328 e. The van der Waals surface area contributed by atoms with E-state index in [-0.39, 0.29) is 12.1 Å². The molecule has 2 amide bonds. The fourth-order valence-corrected chi connectivity index (χ4v) is 2.55. The number of aromatic nitrogens is 4. The molecule has 7 nitrogen and oxygen atoms in total. The molecule has 0 aliphatic heterocycles. The number of aryl methyl sites for hydroxylation is 2. The van der Waals surface area contributed by atoms with E-state index in [0.29, 0.717) is 5.82 Å². The summed E-state index contributed by atoms with van der Waals surface area (Å²) >= 11 is 0. The van der Waals surface area contributed by atoms with Crippen LogP contribution in [-0.4, -0.2) is 25.8 Å². The standard InChI is InChI=1S/C17H20N6O/c1-11-10-19-22-16(11)21-17(24)20-15-6-4-14(5-7-15)12(2)23-9-8-18-13(23)3/h4-10,12H,1-3H3,(H3,19,20,21,22,24)/t12-/m0/s1. The smallest absolute Gasteiger partial charge is 0.324 e. The lowest BCUT2D eigenvalue weighted by molar-refractivity contribution is 0.262. The van der Waals surface area contributed by atoms with Crippen LogP contribution in [0.4, 0.5) is 16.3 Å². The van der Waals surface area contributed by atoms with E-state index < -0.39 is 0 Å². The maximum Gasteiger partial charge on any atom is 0.324 e. The Morgan fingerprint density at radius 2 is 1.96 bits per heavy atom. The van der Waals surface area contributed by atoms with Crippen molar-refractivity contribution < 1.29 is 4.79 Å². The molecular weight excluding hydrogens is 304 g/mol. The van der Waals surface area contributed by atoms with Gasteiger partial charge in [0.1, 0.15) is 11.6 Å². The first-order valence-electron chi connectivity index (χ1n) is 7.72. The van der Waals surface area contributed by atoms with Gasteiger partial charge in [0.25, 0.3) is 0 Å². The highest BCUT2D eigenvalue weighted by atomic mass is 16.2. The summed E-state index contributed by atoms with van der Waals surface area (Å²) in [5, 5.41) is 12.1. The monoisotopic (exact) mass is 324 g/mol. The van der Waals surface area contributed by atoms with Crippen LogP contribution in [-0.2, 0) is 0 Å². The van der Waals surface area contributed by atoms with Gasteiger partial charge in [-0.3, -0.25) is 10.4 Å². The minimum absolute atomic E-state index is 0.183. The fourth-order valence-electron chi connectivity index (χ4n) is 2.55. The lowest BCUT2D eigenvalue weighted by atomic mass is 10.1. The molecule has 1 atom stereocenters. The van der Waals surface area contributed by atoms with Crippen molar-refractivity contribution in [2.24, 2.45) is 0 Å². The number of hydrogen-bond donors (Lipinski definition) is 3. The maximum absolute atomic E-state index is 12.0. The lowest BCUT2D eigenvalue weighted by Crippen LogP contribution is -2.20. The van der Waals surface area contributed by atoms with Gasteiger partial charge in [0.05, 0.1) is 12.2 Å². The Labute approximate surface area is 140 Å². The zero-order valence-electron chi connectivity index (χ0n) is 13.9. The summed E-state index contributed by atoms with van der Waals surface area (Å²) in [7, 11) is 0. The van der Waals surface area contributed by atoms with Crippen LogP contribution in [0.15, 0.2) is 42.9 Å². The van der Waals surface area contributed by atoms with Gasteiger partial charge < -0.3 is 9.88 Å². The number of hydrogen-bond acceptors (Lipinski definition) is 3. The highest BCUT2D eigenvalue weighted by Gasteiger charge is 2.10. The number of amides is 2. The molecule has 24 heavy (non-hydrogen) atoms. The Hall–Kier alpha value is -3.09. The number of benzene rings is 1. The second kappa shape index (κ2) is 6.57. The first-order chi connectivity index (χ1) is 11.5. The summed E-state index contributed by atoms with van der Waals surface area (Å²) in [5.41, 5.74) is 2.75. The molecule has 3 rings (SSSR count). The fraction of sp³-hybridized carbons (Fsp3) is 0.235. The number of aromatic amines is 1. The third-order valence-electron chi connectivity index (χ3n) is 4.00. The van der Waals surface area contributed by atoms with Gasteiger partial charge in [0.15, 0.2) is 0 Å². The van der Waals surface area contributed by atoms with Crippen LogP contribution >= 0.6 is 0 Å². The molecule has 124 valence electrons. The number of urea groups is 1. The van der Waals surface area contributed by atoms with Crippen LogP contribution < -0.4 is 10.6 Å². The molecule has 2 heterocycles. The van der Waals surface area contributed by atoms with Crippen molar-refractivity contribution in [3.05, 3.63) is 59.8 Å². The van der Waals surface area contributed by atoms with E-state index in [9.17, 15) is 4.79 Å². The van der Waals surface area contributed by atoms with E-state index in [1.807, 2.05) is 44.3 Å². The summed E-state index contributed by atoms with van der Waals surface area (Å²) in [5.74, 6) is 1.56. The molecule has 0 radical (unpaired) electrons. The van der Waals surface area contributed by atoms with Crippen LogP contribution in [0.3, 0.4) is 0 Å². The van der Waals surface area contributed by atoms with Crippen molar-refractivity contribution in [1.82, 2.24) is 19.7 Å². The van der Waals surface area contributed by atoms with E-state index in [1.165, 1.54) is 0 Å². The molecule has 0 saturated carbocycles. The highest BCUT2D eigenvalue weighted by molar-refractivity contribution is 5.99. The predicted molar refractivity (Wildman–Crippen MR) is 93.2 cm³/mol. The molecule has 7 heteroatoms. The molecule has 0 bridgehead atoms.